The van der Waals surface area contributed by atoms with Crippen molar-refractivity contribution >= 4 is 23.4 Å². The quantitative estimate of drug-likeness (QED) is 0.473. The highest BCUT2D eigenvalue weighted by atomic mass is 35.5. The van der Waals surface area contributed by atoms with Gasteiger partial charge in [0.05, 0.1) is 19.3 Å². The molecule has 6 heteroatoms. The summed E-state index contributed by atoms with van der Waals surface area (Å²) in [5.41, 5.74) is -0.127. The Hall–Kier alpha value is -1.62. The maximum atomic E-state index is 13.1. The summed E-state index contributed by atoms with van der Waals surface area (Å²) in [6.07, 6.45) is 0. The Balaban J connectivity index is 3.18. The van der Waals surface area contributed by atoms with Crippen molar-refractivity contribution in [3.05, 3.63) is 28.5 Å². The first-order chi connectivity index (χ1) is 8.02. The molecule has 0 radical (unpaired) electrons. The first kappa shape index (κ1) is 13.4. The number of carbonyl (C=O) groups excluding carboxylic acids is 2. The number of carbonyl (C=O) groups is 2. The number of benzene rings is 1. The lowest BCUT2D eigenvalue weighted by molar-refractivity contribution is -0.137. The van der Waals surface area contributed by atoms with Gasteiger partial charge in [-0.05, 0) is 19.1 Å². The van der Waals surface area contributed by atoms with Gasteiger partial charge >= 0.3 is 5.97 Å². The molecule has 0 fully saturated rings. The fourth-order valence-electron chi connectivity index (χ4n) is 1.22. The minimum atomic E-state index is -1.03. The number of esters is 1. The van der Waals surface area contributed by atoms with Crippen LogP contribution in [0.15, 0.2) is 12.1 Å². The van der Waals surface area contributed by atoms with E-state index < -0.39 is 17.6 Å². The summed E-state index contributed by atoms with van der Waals surface area (Å²) in [5.74, 6) is -2.87. The van der Waals surface area contributed by atoms with Crippen molar-refractivity contribution in [1.29, 1.82) is 0 Å². The number of methoxy groups -OCH3 is 1. The molecule has 1 rings (SSSR count). The number of ketones is 1. The van der Waals surface area contributed by atoms with Crippen molar-refractivity contribution in [2.24, 2.45) is 0 Å². The van der Waals surface area contributed by atoms with E-state index >= 15 is 0 Å². The van der Waals surface area contributed by atoms with Gasteiger partial charge in [-0.1, -0.05) is 11.6 Å². The van der Waals surface area contributed by atoms with Crippen LogP contribution in [0.3, 0.4) is 0 Å². The van der Waals surface area contributed by atoms with Crippen LogP contribution in [0.25, 0.3) is 0 Å². The largest absolute Gasteiger partial charge is 0.494 e. The second-order valence-corrected chi connectivity index (χ2v) is 3.37. The molecule has 0 aliphatic rings. The molecule has 0 aliphatic heterocycles. The van der Waals surface area contributed by atoms with Crippen LogP contribution in [0.2, 0.25) is 5.02 Å². The number of hydrogen-bond donors (Lipinski definition) is 0. The van der Waals surface area contributed by atoms with Gasteiger partial charge in [-0.2, -0.15) is 0 Å². The average Bonchev–Trinajstić information content (AvgIpc) is 2.31. The lowest BCUT2D eigenvalue weighted by atomic mass is 10.1. The fourth-order valence-corrected chi connectivity index (χ4v) is 1.46. The monoisotopic (exact) mass is 260 g/mol. The summed E-state index contributed by atoms with van der Waals surface area (Å²) in [7, 11) is 1.22. The zero-order chi connectivity index (χ0) is 13.0. The molecule has 17 heavy (non-hydrogen) atoms. The highest BCUT2D eigenvalue weighted by Crippen LogP contribution is 2.31. The van der Waals surface area contributed by atoms with Crippen LogP contribution in [-0.4, -0.2) is 25.5 Å². The van der Waals surface area contributed by atoms with Crippen LogP contribution in [0.1, 0.15) is 17.3 Å². The molecule has 1 aromatic carbocycles. The van der Waals surface area contributed by atoms with Crippen molar-refractivity contribution in [1.82, 2.24) is 0 Å². The highest BCUT2D eigenvalue weighted by Gasteiger charge is 2.24. The lowest BCUT2D eigenvalue weighted by Crippen LogP contribution is -2.18. The number of halogens is 2. The molecule has 0 atom stereocenters. The third-order valence-corrected chi connectivity index (χ3v) is 2.31. The molecule has 0 heterocycles. The topological polar surface area (TPSA) is 52.6 Å². The average molecular weight is 261 g/mol. The van der Waals surface area contributed by atoms with Gasteiger partial charge in [0.25, 0.3) is 5.78 Å². The predicted octanol–water partition coefficient (Wildman–Crippen LogP) is 2.23. The Morgan fingerprint density at radius 3 is 2.59 bits per heavy atom. The molecule has 4 nitrogen and oxygen atoms in total. The van der Waals surface area contributed by atoms with E-state index in [9.17, 15) is 14.0 Å². The molecule has 0 aromatic heterocycles. The van der Waals surface area contributed by atoms with E-state index in [2.05, 4.69) is 4.74 Å². The van der Waals surface area contributed by atoms with Crippen molar-refractivity contribution in [3.8, 4) is 5.75 Å². The first-order valence-corrected chi connectivity index (χ1v) is 5.14. The standard InChI is InChI=1S/C11H10ClFO4/c1-3-17-11(15)9(14)6-4-5-7(13)8(12)10(6)16-2/h4-5H,3H2,1-2H3. The van der Waals surface area contributed by atoms with E-state index in [1.807, 2.05) is 0 Å². The van der Waals surface area contributed by atoms with Crippen molar-refractivity contribution < 1.29 is 23.5 Å². The zero-order valence-corrected chi connectivity index (χ0v) is 10.0. The molecule has 0 unspecified atom stereocenters. The van der Waals surface area contributed by atoms with Gasteiger partial charge in [-0.25, -0.2) is 9.18 Å². The Bertz CT molecular complexity index is 459. The predicted molar refractivity (Wildman–Crippen MR) is 58.9 cm³/mol. The molecule has 0 bridgehead atoms. The molecular weight excluding hydrogens is 251 g/mol. The molecule has 92 valence electrons. The molecule has 1 aromatic rings. The second-order valence-electron chi connectivity index (χ2n) is 2.99. The Labute approximate surface area is 102 Å². The maximum Gasteiger partial charge on any atom is 0.379 e. The number of hydrogen-bond acceptors (Lipinski definition) is 4. The smallest absolute Gasteiger partial charge is 0.379 e. The lowest BCUT2D eigenvalue weighted by Gasteiger charge is -2.09. The molecular formula is C11H10ClFO4. The molecule has 0 saturated heterocycles. The molecule has 0 saturated carbocycles. The summed E-state index contributed by atoms with van der Waals surface area (Å²) in [6, 6.07) is 2.11. The van der Waals surface area contributed by atoms with E-state index in [0.717, 1.165) is 12.1 Å². The van der Waals surface area contributed by atoms with Crippen LogP contribution < -0.4 is 4.74 Å². The van der Waals surface area contributed by atoms with Gasteiger partial charge in [-0.15, -0.1) is 0 Å². The zero-order valence-electron chi connectivity index (χ0n) is 9.25. The second kappa shape index (κ2) is 5.63. The van der Waals surface area contributed by atoms with Crippen molar-refractivity contribution in [2.45, 2.75) is 6.92 Å². The fraction of sp³-hybridized carbons (Fsp3) is 0.273. The van der Waals surface area contributed by atoms with Crippen molar-refractivity contribution in [2.75, 3.05) is 13.7 Å². The van der Waals surface area contributed by atoms with Crippen molar-refractivity contribution in [3.63, 3.8) is 0 Å². The van der Waals surface area contributed by atoms with Gasteiger partial charge in [-0.3, -0.25) is 4.79 Å². The maximum absolute atomic E-state index is 13.1. The van der Waals surface area contributed by atoms with E-state index in [-0.39, 0.29) is 22.9 Å². The van der Waals surface area contributed by atoms with Crippen LogP contribution in [0, 0.1) is 5.82 Å². The van der Waals surface area contributed by atoms with Crippen LogP contribution in [0.5, 0.6) is 5.75 Å². The molecule has 0 N–H and O–H groups in total. The van der Waals surface area contributed by atoms with E-state index in [1.54, 1.807) is 6.92 Å². The van der Waals surface area contributed by atoms with Crippen LogP contribution in [-0.2, 0) is 9.53 Å². The van der Waals surface area contributed by atoms with Crippen LogP contribution in [0.4, 0.5) is 4.39 Å². The normalized spacial score (nSPS) is 9.88. The third-order valence-electron chi connectivity index (χ3n) is 1.96. The van der Waals surface area contributed by atoms with E-state index in [1.165, 1.54) is 7.11 Å². The Morgan fingerprint density at radius 1 is 1.41 bits per heavy atom. The molecule has 0 spiro atoms. The SMILES string of the molecule is CCOC(=O)C(=O)c1ccc(F)c(Cl)c1OC. The van der Waals surface area contributed by atoms with Gasteiger partial charge in [0.1, 0.15) is 10.8 Å². The van der Waals surface area contributed by atoms with Gasteiger partial charge in [0, 0.05) is 0 Å². The van der Waals surface area contributed by atoms with Gasteiger partial charge < -0.3 is 9.47 Å². The summed E-state index contributed by atoms with van der Waals surface area (Å²) < 4.78 is 22.5. The molecule has 0 aliphatic carbocycles. The highest BCUT2D eigenvalue weighted by molar-refractivity contribution is 6.42. The first-order valence-electron chi connectivity index (χ1n) is 4.76. The van der Waals surface area contributed by atoms with E-state index in [0.29, 0.717) is 0 Å². The number of rotatable bonds is 4. The minimum absolute atomic E-state index is 0.0712. The van der Waals surface area contributed by atoms with E-state index in [4.69, 9.17) is 16.3 Å². The number of ether oxygens (including phenoxy) is 2. The van der Waals surface area contributed by atoms with Gasteiger partial charge in [0.2, 0.25) is 0 Å². The summed E-state index contributed by atoms with van der Waals surface area (Å²) in [6.45, 7) is 1.64. The Kier molecular flexibility index (Phi) is 4.45. The third kappa shape index (κ3) is 2.74. The Morgan fingerprint density at radius 2 is 2.06 bits per heavy atom. The van der Waals surface area contributed by atoms with Crippen LogP contribution >= 0.6 is 11.6 Å². The summed E-state index contributed by atoms with van der Waals surface area (Å²) in [4.78, 5) is 22.9. The summed E-state index contributed by atoms with van der Waals surface area (Å²) >= 11 is 5.62. The molecule has 0 amide bonds. The summed E-state index contributed by atoms with van der Waals surface area (Å²) in [5, 5.41) is -0.345. The number of Topliss-reactive ketones (excluding diaryl/α,β-unsaturated/α-hetero) is 1. The minimum Gasteiger partial charge on any atom is -0.494 e. The van der Waals surface area contributed by atoms with Gasteiger partial charge in [0.15, 0.2) is 5.75 Å².